The molecular formula is C25H28N4O4S. The first-order valence-electron chi connectivity index (χ1n) is 11.0. The number of rotatable bonds is 6. The molecule has 2 aromatic heterocycles. The fourth-order valence-corrected chi connectivity index (χ4v) is 5.43. The smallest absolute Gasteiger partial charge is 0.268 e. The highest BCUT2D eigenvalue weighted by molar-refractivity contribution is 7.90. The predicted octanol–water partition coefficient (Wildman–Crippen LogP) is 3.90. The third-order valence-corrected chi connectivity index (χ3v) is 7.27. The first kappa shape index (κ1) is 23.7. The highest BCUT2D eigenvalue weighted by atomic mass is 32.2. The standard InChI is InChI=1S/C25H28N4O4S/c1-17-15-25(2,3)29(16-17)23-19(24(30)28-34(31,32)18-9-6-5-7-10-18)13-14-21(27-23)20-11-8-12-22(26-20)33-4/h5-14,17H,15-16H2,1-4H3,(H,28,30)/t17-/m0/s1. The van der Waals surface area contributed by atoms with E-state index in [2.05, 4.69) is 35.4 Å². The van der Waals surface area contributed by atoms with Gasteiger partial charge < -0.3 is 9.64 Å². The fraction of sp³-hybridized carbons (Fsp3) is 0.320. The van der Waals surface area contributed by atoms with Crippen LogP contribution in [-0.4, -0.2) is 43.5 Å². The van der Waals surface area contributed by atoms with Crippen molar-refractivity contribution in [3.8, 4) is 17.3 Å². The Morgan fingerprint density at radius 3 is 2.38 bits per heavy atom. The van der Waals surface area contributed by atoms with Gasteiger partial charge in [-0.25, -0.2) is 23.1 Å². The molecule has 9 heteroatoms. The van der Waals surface area contributed by atoms with Crippen molar-refractivity contribution in [3.63, 3.8) is 0 Å². The van der Waals surface area contributed by atoms with Gasteiger partial charge in [-0.1, -0.05) is 31.2 Å². The number of nitrogens with zero attached hydrogens (tertiary/aromatic N) is 3. The van der Waals surface area contributed by atoms with Gasteiger partial charge in [0.05, 0.1) is 29.0 Å². The van der Waals surface area contributed by atoms with Crippen molar-refractivity contribution < 1.29 is 17.9 Å². The van der Waals surface area contributed by atoms with E-state index in [4.69, 9.17) is 9.72 Å². The van der Waals surface area contributed by atoms with Crippen LogP contribution in [0.15, 0.2) is 65.6 Å². The summed E-state index contributed by atoms with van der Waals surface area (Å²) in [6, 6.07) is 16.5. The summed E-state index contributed by atoms with van der Waals surface area (Å²) < 4.78 is 33.0. The molecule has 1 aromatic carbocycles. The zero-order chi connectivity index (χ0) is 24.5. The highest BCUT2D eigenvalue weighted by Crippen LogP contribution is 2.38. The van der Waals surface area contributed by atoms with Crippen LogP contribution in [0.2, 0.25) is 0 Å². The molecule has 1 saturated heterocycles. The topological polar surface area (TPSA) is 101 Å². The van der Waals surface area contributed by atoms with Crippen molar-refractivity contribution in [1.29, 1.82) is 0 Å². The first-order chi connectivity index (χ1) is 16.1. The molecule has 1 N–H and O–H groups in total. The molecule has 1 aliphatic rings. The highest BCUT2D eigenvalue weighted by Gasteiger charge is 2.39. The molecule has 0 radical (unpaired) electrons. The SMILES string of the molecule is COc1cccc(-c2ccc(C(=O)NS(=O)(=O)c3ccccc3)c(N3C[C@@H](C)CC3(C)C)n2)n1. The van der Waals surface area contributed by atoms with E-state index in [0.717, 1.165) is 6.42 Å². The first-order valence-corrected chi connectivity index (χ1v) is 12.5. The summed E-state index contributed by atoms with van der Waals surface area (Å²) >= 11 is 0. The zero-order valence-corrected chi connectivity index (χ0v) is 20.5. The van der Waals surface area contributed by atoms with Crippen LogP contribution in [0.1, 0.15) is 37.6 Å². The van der Waals surface area contributed by atoms with Gasteiger partial charge in [0.25, 0.3) is 15.9 Å². The van der Waals surface area contributed by atoms with Crippen molar-refractivity contribution in [2.75, 3.05) is 18.6 Å². The van der Waals surface area contributed by atoms with Gasteiger partial charge in [-0.2, -0.15) is 0 Å². The molecule has 1 amide bonds. The van der Waals surface area contributed by atoms with Crippen LogP contribution >= 0.6 is 0 Å². The lowest BCUT2D eigenvalue weighted by molar-refractivity contribution is 0.0981. The van der Waals surface area contributed by atoms with Gasteiger partial charge in [-0.05, 0) is 56.5 Å². The molecule has 4 rings (SSSR count). The number of carbonyl (C=O) groups is 1. The van der Waals surface area contributed by atoms with Crippen LogP contribution in [-0.2, 0) is 10.0 Å². The largest absolute Gasteiger partial charge is 0.481 e. The molecule has 0 bridgehead atoms. The summed E-state index contributed by atoms with van der Waals surface area (Å²) in [5, 5.41) is 0. The minimum absolute atomic E-state index is 0.0187. The normalized spacial score (nSPS) is 17.4. The maximum absolute atomic E-state index is 13.3. The quantitative estimate of drug-likeness (QED) is 0.571. The summed E-state index contributed by atoms with van der Waals surface area (Å²) in [4.78, 5) is 24.6. The van der Waals surface area contributed by atoms with E-state index >= 15 is 0 Å². The molecule has 0 unspecified atom stereocenters. The van der Waals surface area contributed by atoms with Crippen LogP contribution in [0.25, 0.3) is 11.4 Å². The van der Waals surface area contributed by atoms with Crippen LogP contribution in [0, 0.1) is 5.92 Å². The summed E-state index contributed by atoms with van der Waals surface area (Å²) in [6.07, 6.45) is 0.916. The van der Waals surface area contributed by atoms with E-state index in [1.807, 2.05) is 12.1 Å². The Balaban J connectivity index is 1.78. The van der Waals surface area contributed by atoms with Crippen molar-refractivity contribution in [3.05, 3.63) is 66.2 Å². The second kappa shape index (κ2) is 9.06. The number of anilines is 1. The maximum Gasteiger partial charge on any atom is 0.268 e. The maximum atomic E-state index is 13.3. The van der Waals surface area contributed by atoms with Gasteiger partial charge in [0, 0.05) is 18.2 Å². The van der Waals surface area contributed by atoms with E-state index in [1.165, 1.54) is 12.1 Å². The average Bonchev–Trinajstić information content (AvgIpc) is 3.10. The van der Waals surface area contributed by atoms with Crippen LogP contribution in [0.4, 0.5) is 5.82 Å². The number of hydrogen-bond donors (Lipinski definition) is 1. The Morgan fingerprint density at radius 1 is 1.03 bits per heavy atom. The van der Waals surface area contributed by atoms with Gasteiger partial charge >= 0.3 is 0 Å². The van der Waals surface area contributed by atoms with Gasteiger partial charge in [-0.15, -0.1) is 0 Å². The Morgan fingerprint density at radius 2 is 1.74 bits per heavy atom. The summed E-state index contributed by atoms with van der Waals surface area (Å²) in [7, 11) is -2.49. The number of ether oxygens (including phenoxy) is 1. The number of methoxy groups -OCH3 is 1. The molecule has 34 heavy (non-hydrogen) atoms. The minimum atomic E-state index is -4.03. The van der Waals surface area contributed by atoms with Gasteiger partial charge in [0.2, 0.25) is 5.88 Å². The molecule has 0 aliphatic carbocycles. The Labute approximate surface area is 200 Å². The van der Waals surface area contributed by atoms with E-state index in [-0.39, 0.29) is 16.0 Å². The number of hydrogen-bond acceptors (Lipinski definition) is 7. The monoisotopic (exact) mass is 480 g/mol. The van der Waals surface area contributed by atoms with E-state index in [1.54, 1.807) is 43.5 Å². The van der Waals surface area contributed by atoms with E-state index in [0.29, 0.717) is 35.5 Å². The molecule has 178 valence electrons. The minimum Gasteiger partial charge on any atom is -0.481 e. The number of aromatic nitrogens is 2. The molecule has 1 aliphatic heterocycles. The number of amides is 1. The molecule has 3 aromatic rings. The number of sulfonamides is 1. The predicted molar refractivity (Wildman–Crippen MR) is 130 cm³/mol. The van der Waals surface area contributed by atoms with Crippen molar-refractivity contribution >= 4 is 21.7 Å². The summed E-state index contributed by atoms with van der Waals surface area (Å²) in [5.74, 6) is 0.537. The third kappa shape index (κ3) is 4.75. The van der Waals surface area contributed by atoms with Gasteiger partial charge in [-0.3, -0.25) is 4.79 Å². The zero-order valence-electron chi connectivity index (χ0n) is 19.6. The molecule has 1 fully saturated rings. The Kier molecular flexibility index (Phi) is 6.31. The second-order valence-corrected chi connectivity index (χ2v) is 10.8. The molecule has 3 heterocycles. The number of pyridine rings is 2. The Bertz CT molecular complexity index is 1310. The van der Waals surface area contributed by atoms with Crippen molar-refractivity contribution in [1.82, 2.24) is 14.7 Å². The second-order valence-electron chi connectivity index (χ2n) is 9.11. The molecule has 0 spiro atoms. The van der Waals surface area contributed by atoms with Crippen LogP contribution < -0.4 is 14.4 Å². The lowest BCUT2D eigenvalue weighted by Gasteiger charge is -2.34. The number of carbonyl (C=O) groups excluding carboxylic acids is 1. The number of nitrogens with one attached hydrogen (secondary N) is 1. The lowest BCUT2D eigenvalue weighted by Crippen LogP contribution is -2.41. The molecule has 1 atom stereocenters. The summed E-state index contributed by atoms with van der Waals surface area (Å²) in [5.41, 5.74) is 1.08. The van der Waals surface area contributed by atoms with Crippen LogP contribution in [0.3, 0.4) is 0 Å². The van der Waals surface area contributed by atoms with E-state index in [9.17, 15) is 13.2 Å². The number of benzene rings is 1. The van der Waals surface area contributed by atoms with Gasteiger partial charge in [0.15, 0.2) is 0 Å². The molecule has 8 nitrogen and oxygen atoms in total. The van der Waals surface area contributed by atoms with Crippen molar-refractivity contribution in [2.24, 2.45) is 5.92 Å². The summed E-state index contributed by atoms with van der Waals surface area (Å²) in [6.45, 7) is 7.03. The van der Waals surface area contributed by atoms with Crippen LogP contribution in [0.5, 0.6) is 5.88 Å². The van der Waals surface area contributed by atoms with Gasteiger partial charge in [0.1, 0.15) is 5.82 Å². The Hall–Kier alpha value is -3.46. The lowest BCUT2D eigenvalue weighted by atomic mass is 9.97. The van der Waals surface area contributed by atoms with Crippen molar-refractivity contribution in [2.45, 2.75) is 37.6 Å². The third-order valence-electron chi connectivity index (χ3n) is 5.92. The fourth-order valence-electron chi connectivity index (χ4n) is 4.44. The average molecular weight is 481 g/mol. The molecule has 0 saturated carbocycles. The molecular weight excluding hydrogens is 452 g/mol. The van der Waals surface area contributed by atoms with E-state index < -0.39 is 15.9 Å².